The fourth-order valence-electron chi connectivity index (χ4n) is 0.527. The Balaban J connectivity index is 0. The second-order valence-electron chi connectivity index (χ2n) is 2.95. The quantitative estimate of drug-likeness (QED) is 0.472. The molecule has 0 radical (unpaired) electrons. The Kier molecular flexibility index (Phi) is 7.99. The van der Waals surface area contributed by atoms with Crippen molar-refractivity contribution in [2.45, 2.75) is 33.1 Å². The molecule has 2 unspecified atom stereocenters. The minimum atomic E-state index is -0.505. The lowest BCUT2D eigenvalue weighted by Gasteiger charge is -2.16. The Hall–Kier alpha value is -0.160. The van der Waals surface area contributed by atoms with Gasteiger partial charge in [0, 0.05) is 6.54 Å². The third-order valence-corrected chi connectivity index (χ3v) is 1.25. The van der Waals surface area contributed by atoms with Gasteiger partial charge in [-0.15, -0.1) is 0 Å². The molecule has 0 saturated carbocycles. The Morgan fingerprint density at radius 1 is 1.18 bits per heavy atom. The molecule has 0 spiro atoms. The fourth-order valence-corrected chi connectivity index (χ4v) is 0.527. The minimum absolute atomic E-state index is 0. The lowest BCUT2D eigenvalue weighted by molar-refractivity contribution is 0.0726. The summed E-state index contributed by atoms with van der Waals surface area (Å²) in [5.74, 6) is 0.193. The van der Waals surface area contributed by atoms with Crippen molar-refractivity contribution < 1.29 is 15.7 Å². The van der Waals surface area contributed by atoms with Gasteiger partial charge in [0.05, 0.1) is 6.10 Å². The van der Waals surface area contributed by atoms with Crippen LogP contribution in [0, 0.1) is 5.92 Å². The molecular weight excluding hydrogens is 146 g/mol. The molecule has 0 aromatic heterocycles. The molecule has 11 heavy (non-hydrogen) atoms. The van der Waals surface area contributed by atoms with E-state index in [1.807, 2.05) is 13.8 Å². The summed E-state index contributed by atoms with van der Waals surface area (Å²) in [6.45, 7) is 5.96. The van der Waals surface area contributed by atoms with Crippen LogP contribution in [0.1, 0.15) is 20.8 Å². The van der Waals surface area contributed by atoms with Crippen LogP contribution in [0.15, 0.2) is 0 Å². The molecule has 0 bridgehead atoms. The van der Waals surface area contributed by atoms with Crippen LogP contribution < -0.4 is 5.32 Å². The van der Waals surface area contributed by atoms with Gasteiger partial charge in [0.25, 0.3) is 0 Å². The molecule has 0 aliphatic rings. The second kappa shape index (κ2) is 6.54. The maximum atomic E-state index is 9.15. The van der Waals surface area contributed by atoms with Crippen LogP contribution in [0.25, 0.3) is 0 Å². The highest BCUT2D eigenvalue weighted by molar-refractivity contribution is 4.59. The summed E-state index contributed by atoms with van der Waals surface area (Å²) in [7, 11) is 0. The molecule has 70 valence electrons. The summed E-state index contributed by atoms with van der Waals surface area (Å²) in [6.07, 6.45) is -0.900. The summed E-state index contributed by atoms with van der Waals surface area (Å²) in [4.78, 5) is 0. The van der Waals surface area contributed by atoms with Gasteiger partial charge in [0.2, 0.25) is 0 Å². The molecule has 0 heterocycles. The number of hydrogen-bond donors (Lipinski definition) is 3. The van der Waals surface area contributed by atoms with E-state index in [9.17, 15) is 0 Å². The van der Waals surface area contributed by atoms with Crippen LogP contribution in [-0.4, -0.2) is 34.6 Å². The molecule has 0 aliphatic heterocycles. The highest BCUT2D eigenvalue weighted by Gasteiger charge is 2.07. The molecule has 0 aromatic carbocycles. The van der Waals surface area contributed by atoms with E-state index < -0.39 is 12.3 Å². The van der Waals surface area contributed by atoms with E-state index >= 15 is 0 Å². The molecule has 0 amide bonds. The van der Waals surface area contributed by atoms with E-state index in [2.05, 4.69) is 5.32 Å². The van der Waals surface area contributed by atoms with Crippen LogP contribution in [0.2, 0.25) is 0 Å². The van der Waals surface area contributed by atoms with Gasteiger partial charge in [0.1, 0.15) is 6.23 Å². The number of hydrogen-bond acceptors (Lipinski definition) is 3. The van der Waals surface area contributed by atoms with Crippen LogP contribution >= 0.6 is 0 Å². The minimum Gasteiger partial charge on any atom is -0.412 e. The van der Waals surface area contributed by atoms with Crippen LogP contribution in [0.3, 0.4) is 0 Å². The van der Waals surface area contributed by atoms with E-state index in [4.69, 9.17) is 10.2 Å². The molecule has 0 aliphatic carbocycles. The van der Waals surface area contributed by atoms with E-state index in [-0.39, 0.29) is 11.4 Å². The Bertz CT molecular complexity index is 85.8. The number of nitrogens with one attached hydrogen (secondary N) is 1. The van der Waals surface area contributed by atoms with Crippen molar-refractivity contribution in [1.29, 1.82) is 0 Å². The van der Waals surface area contributed by atoms with Gasteiger partial charge in [0.15, 0.2) is 0 Å². The summed E-state index contributed by atoms with van der Waals surface area (Å²) in [5, 5.41) is 20.7. The first kappa shape index (κ1) is 13.4. The van der Waals surface area contributed by atoms with Gasteiger partial charge in [-0.05, 0) is 12.8 Å². The van der Waals surface area contributed by atoms with Crippen molar-refractivity contribution in [1.82, 2.24) is 5.32 Å². The van der Waals surface area contributed by atoms with E-state index in [1.54, 1.807) is 6.92 Å². The van der Waals surface area contributed by atoms with Crippen molar-refractivity contribution >= 4 is 0 Å². The van der Waals surface area contributed by atoms with Gasteiger partial charge in [-0.1, -0.05) is 13.8 Å². The third-order valence-electron chi connectivity index (χ3n) is 1.25. The fraction of sp³-hybridized carbons (Fsp3) is 1.00. The largest absolute Gasteiger partial charge is 0.412 e. The molecule has 0 saturated heterocycles. The average Bonchev–Trinajstić information content (AvgIpc) is 1.82. The molecule has 4 nitrogen and oxygen atoms in total. The number of rotatable bonds is 4. The van der Waals surface area contributed by atoms with Crippen LogP contribution in [0.5, 0.6) is 0 Å². The summed E-state index contributed by atoms with van der Waals surface area (Å²) in [6, 6.07) is 0. The molecule has 4 heteroatoms. The van der Waals surface area contributed by atoms with Gasteiger partial charge in [-0.25, -0.2) is 0 Å². The predicted octanol–water partition coefficient (Wildman–Crippen LogP) is -0.894. The summed E-state index contributed by atoms with van der Waals surface area (Å²) < 4.78 is 0. The van der Waals surface area contributed by atoms with Crippen molar-refractivity contribution in [3.63, 3.8) is 0 Å². The first-order valence-corrected chi connectivity index (χ1v) is 3.63. The van der Waals surface area contributed by atoms with E-state index in [0.29, 0.717) is 6.54 Å². The second-order valence-corrected chi connectivity index (χ2v) is 2.95. The van der Waals surface area contributed by atoms with Crippen molar-refractivity contribution in [2.24, 2.45) is 5.92 Å². The van der Waals surface area contributed by atoms with Gasteiger partial charge in [-0.2, -0.15) is 0 Å². The van der Waals surface area contributed by atoms with Crippen molar-refractivity contribution in [3.8, 4) is 0 Å². The summed E-state index contributed by atoms with van der Waals surface area (Å²) in [5.41, 5.74) is 0. The maximum Gasteiger partial charge on any atom is 0.107 e. The first-order chi connectivity index (χ1) is 4.54. The standard InChI is InChI=1S/C7H17NO2.H2O/c1-5(2)7(10)8-4-6(3)9;/h5-10H,4H2,1-3H3;1H2. The zero-order valence-electron chi connectivity index (χ0n) is 7.33. The topological polar surface area (TPSA) is 84.0 Å². The Morgan fingerprint density at radius 2 is 1.64 bits per heavy atom. The van der Waals surface area contributed by atoms with E-state index in [0.717, 1.165) is 0 Å². The molecule has 5 N–H and O–H groups in total. The highest BCUT2D eigenvalue weighted by Crippen LogP contribution is 1.96. The molecule has 0 aromatic rings. The molecule has 0 rings (SSSR count). The van der Waals surface area contributed by atoms with E-state index in [1.165, 1.54) is 0 Å². The maximum absolute atomic E-state index is 9.15. The third kappa shape index (κ3) is 7.74. The average molecular weight is 165 g/mol. The van der Waals surface area contributed by atoms with Gasteiger partial charge >= 0.3 is 0 Å². The van der Waals surface area contributed by atoms with Gasteiger partial charge < -0.3 is 15.7 Å². The zero-order chi connectivity index (χ0) is 8.15. The highest BCUT2D eigenvalue weighted by atomic mass is 16.3. The smallest absolute Gasteiger partial charge is 0.107 e. The van der Waals surface area contributed by atoms with Crippen molar-refractivity contribution in [3.05, 3.63) is 0 Å². The normalized spacial score (nSPS) is 15.8. The van der Waals surface area contributed by atoms with Crippen LogP contribution in [0.4, 0.5) is 0 Å². The Morgan fingerprint density at radius 3 is 1.91 bits per heavy atom. The number of aliphatic hydroxyl groups excluding tert-OH is 2. The lowest BCUT2D eigenvalue weighted by Crippen LogP contribution is -2.37. The predicted molar refractivity (Wildman–Crippen MR) is 44.1 cm³/mol. The monoisotopic (exact) mass is 165 g/mol. The zero-order valence-corrected chi connectivity index (χ0v) is 7.33. The molecule has 0 fully saturated rings. The SMILES string of the molecule is CC(O)CNC(O)C(C)C.O. The first-order valence-electron chi connectivity index (χ1n) is 3.63. The van der Waals surface area contributed by atoms with Crippen LogP contribution in [-0.2, 0) is 0 Å². The molecule has 2 atom stereocenters. The Labute approximate surface area is 67.5 Å². The molecular formula is C7H19NO3. The lowest BCUT2D eigenvalue weighted by atomic mass is 10.2. The number of aliphatic hydroxyl groups is 2. The van der Waals surface area contributed by atoms with Gasteiger partial charge in [-0.3, -0.25) is 5.32 Å². The summed E-state index contributed by atoms with van der Waals surface area (Å²) >= 11 is 0. The van der Waals surface area contributed by atoms with Crippen molar-refractivity contribution in [2.75, 3.05) is 6.54 Å².